The third kappa shape index (κ3) is 3.67. The third-order valence-electron chi connectivity index (χ3n) is 1.84. The largest absolute Gasteiger partial charge is 0.318 e. The molecule has 0 N–H and O–H groups in total. The summed E-state index contributed by atoms with van der Waals surface area (Å²) in [5.41, 5.74) is 0. The lowest BCUT2D eigenvalue weighted by Gasteiger charge is -2.16. The summed E-state index contributed by atoms with van der Waals surface area (Å²) in [6.45, 7) is 1.90. The molecule has 1 aromatic carbocycles. The molecule has 1 rings (SSSR count). The monoisotopic (exact) mass is 244 g/mol. The standard InChI is InChI=1S/C11H17O2PS/c1-3-10-13-14(12,15-4-2)11-8-6-5-7-9-11/h5-9H,3-4,10H2,1-2H3. The van der Waals surface area contributed by atoms with Gasteiger partial charge >= 0.3 is 0 Å². The van der Waals surface area contributed by atoms with Crippen molar-refractivity contribution >= 4 is 23.3 Å². The Balaban J connectivity index is 2.86. The van der Waals surface area contributed by atoms with Gasteiger partial charge in [-0.15, -0.1) is 0 Å². The zero-order valence-electron chi connectivity index (χ0n) is 9.18. The first kappa shape index (κ1) is 12.8. The highest BCUT2D eigenvalue weighted by Gasteiger charge is 2.25. The van der Waals surface area contributed by atoms with Gasteiger partial charge in [0, 0.05) is 5.30 Å². The van der Waals surface area contributed by atoms with E-state index in [0.717, 1.165) is 17.5 Å². The highest BCUT2D eigenvalue weighted by Crippen LogP contribution is 2.58. The molecule has 1 atom stereocenters. The summed E-state index contributed by atoms with van der Waals surface area (Å²) in [6.07, 6.45) is 0.890. The van der Waals surface area contributed by atoms with Crippen LogP contribution in [-0.4, -0.2) is 12.4 Å². The molecule has 0 aliphatic heterocycles. The van der Waals surface area contributed by atoms with Crippen molar-refractivity contribution in [1.29, 1.82) is 0 Å². The maximum absolute atomic E-state index is 12.5. The zero-order valence-corrected chi connectivity index (χ0v) is 10.9. The van der Waals surface area contributed by atoms with Crippen molar-refractivity contribution < 1.29 is 9.09 Å². The van der Waals surface area contributed by atoms with Gasteiger partial charge in [-0.1, -0.05) is 43.4 Å². The van der Waals surface area contributed by atoms with Gasteiger partial charge in [-0.05, 0) is 24.3 Å². The maximum atomic E-state index is 12.5. The molecule has 15 heavy (non-hydrogen) atoms. The van der Waals surface area contributed by atoms with Gasteiger partial charge in [-0.3, -0.25) is 4.57 Å². The number of rotatable bonds is 6. The minimum Gasteiger partial charge on any atom is -0.318 e. The number of benzene rings is 1. The van der Waals surface area contributed by atoms with Crippen LogP contribution in [0.15, 0.2) is 30.3 Å². The molecule has 0 radical (unpaired) electrons. The van der Waals surface area contributed by atoms with E-state index in [-0.39, 0.29) is 0 Å². The fourth-order valence-corrected chi connectivity index (χ4v) is 5.13. The smallest absolute Gasteiger partial charge is 0.287 e. The van der Waals surface area contributed by atoms with Crippen LogP contribution >= 0.6 is 18.0 Å². The first-order chi connectivity index (χ1) is 7.23. The summed E-state index contributed by atoms with van der Waals surface area (Å²) in [5.74, 6) is 0.801. The Bertz CT molecular complexity index is 327. The first-order valence-electron chi connectivity index (χ1n) is 5.17. The molecule has 0 heterocycles. The van der Waals surface area contributed by atoms with Gasteiger partial charge in [0.1, 0.15) is 0 Å². The summed E-state index contributed by atoms with van der Waals surface area (Å²) < 4.78 is 18.0. The summed E-state index contributed by atoms with van der Waals surface area (Å²) >= 11 is 1.41. The molecule has 1 aromatic rings. The number of hydrogen-bond donors (Lipinski definition) is 0. The Kier molecular flexibility index (Phi) is 5.44. The molecule has 0 saturated carbocycles. The maximum Gasteiger partial charge on any atom is 0.287 e. The average Bonchev–Trinajstić information content (AvgIpc) is 2.28. The summed E-state index contributed by atoms with van der Waals surface area (Å²) in [6, 6.07) is 9.46. The van der Waals surface area contributed by atoms with Crippen LogP contribution in [0.2, 0.25) is 0 Å². The van der Waals surface area contributed by atoms with Gasteiger partial charge in [0.15, 0.2) is 0 Å². The molecule has 0 spiro atoms. The molecule has 0 fully saturated rings. The molecule has 84 valence electrons. The summed E-state index contributed by atoms with van der Waals surface area (Å²) in [7, 11) is 0. The van der Waals surface area contributed by atoms with Crippen molar-refractivity contribution in [2.45, 2.75) is 20.3 Å². The minimum atomic E-state index is -2.67. The van der Waals surface area contributed by atoms with Gasteiger partial charge < -0.3 is 4.52 Å². The van der Waals surface area contributed by atoms with Gasteiger partial charge in [0.2, 0.25) is 0 Å². The normalized spacial score (nSPS) is 14.8. The van der Waals surface area contributed by atoms with Gasteiger partial charge in [0.05, 0.1) is 6.61 Å². The molecule has 4 heteroatoms. The SMILES string of the molecule is CCCOP(=O)(SCC)c1ccccc1. The van der Waals surface area contributed by atoms with E-state index < -0.39 is 6.57 Å². The van der Waals surface area contributed by atoms with Crippen LogP contribution in [-0.2, 0) is 9.09 Å². The van der Waals surface area contributed by atoms with Crippen LogP contribution in [0.25, 0.3) is 0 Å². The lowest BCUT2D eigenvalue weighted by Crippen LogP contribution is -2.05. The Labute approximate surface area is 95.6 Å². The predicted molar refractivity (Wildman–Crippen MR) is 68.1 cm³/mol. The van der Waals surface area contributed by atoms with Gasteiger partial charge in [0.25, 0.3) is 6.57 Å². The number of hydrogen-bond acceptors (Lipinski definition) is 3. The van der Waals surface area contributed by atoms with Crippen molar-refractivity contribution in [3.63, 3.8) is 0 Å². The van der Waals surface area contributed by atoms with Crippen LogP contribution in [0.4, 0.5) is 0 Å². The van der Waals surface area contributed by atoms with E-state index in [9.17, 15) is 4.57 Å². The van der Waals surface area contributed by atoms with E-state index in [1.807, 2.05) is 44.2 Å². The molecule has 2 nitrogen and oxygen atoms in total. The minimum absolute atomic E-state index is 0.555. The Morgan fingerprint density at radius 3 is 2.47 bits per heavy atom. The molecular weight excluding hydrogens is 227 g/mol. The van der Waals surface area contributed by atoms with Crippen LogP contribution in [0.1, 0.15) is 20.3 Å². The highest BCUT2D eigenvalue weighted by atomic mass is 32.7. The molecule has 0 aliphatic rings. The molecule has 1 unspecified atom stereocenters. The summed E-state index contributed by atoms with van der Waals surface area (Å²) in [4.78, 5) is 0. The highest BCUT2D eigenvalue weighted by molar-refractivity contribution is 8.58. The Morgan fingerprint density at radius 1 is 1.27 bits per heavy atom. The predicted octanol–water partition coefficient (Wildman–Crippen LogP) is 3.68. The van der Waals surface area contributed by atoms with Crippen molar-refractivity contribution in [3.05, 3.63) is 30.3 Å². The van der Waals surface area contributed by atoms with Crippen LogP contribution in [0.5, 0.6) is 0 Å². The average molecular weight is 244 g/mol. The molecule has 0 aliphatic carbocycles. The van der Waals surface area contributed by atoms with E-state index in [4.69, 9.17) is 4.52 Å². The molecule has 0 aromatic heterocycles. The summed E-state index contributed by atoms with van der Waals surface area (Å²) in [5, 5.41) is 0.810. The van der Waals surface area contributed by atoms with Crippen LogP contribution in [0, 0.1) is 0 Å². The zero-order chi connectivity index (χ0) is 11.1. The molecule has 0 amide bonds. The van der Waals surface area contributed by atoms with E-state index in [0.29, 0.717) is 6.61 Å². The second-order valence-corrected chi connectivity index (χ2v) is 7.91. The van der Waals surface area contributed by atoms with Crippen LogP contribution < -0.4 is 5.30 Å². The lowest BCUT2D eigenvalue weighted by atomic mass is 10.4. The second kappa shape index (κ2) is 6.37. The molecular formula is C11H17O2PS. The van der Waals surface area contributed by atoms with Crippen LogP contribution in [0.3, 0.4) is 0 Å². The van der Waals surface area contributed by atoms with Gasteiger partial charge in [-0.2, -0.15) is 0 Å². The fourth-order valence-electron chi connectivity index (χ4n) is 1.18. The van der Waals surface area contributed by atoms with E-state index in [1.54, 1.807) is 0 Å². The molecule has 0 bridgehead atoms. The van der Waals surface area contributed by atoms with Crippen molar-refractivity contribution in [1.82, 2.24) is 0 Å². The Morgan fingerprint density at radius 2 is 1.93 bits per heavy atom. The third-order valence-corrected chi connectivity index (χ3v) is 6.63. The first-order valence-corrected chi connectivity index (χ1v) is 8.39. The van der Waals surface area contributed by atoms with E-state index >= 15 is 0 Å². The topological polar surface area (TPSA) is 26.3 Å². The fraction of sp³-hybridized carbons (Fsp3) is 0.455. The van der Waals surface area contributed by atoms with E-state index in [2.05, 4.69) is 0 Å². The van der Waals surface area contributed by atoms with E-state index in [1.165, 1.54) is 11.4 Å². The second-order valence-electron chi connectivity index (χ2n) is 3.08. The Hall–Kier alpha value is -0.240. The van der Waals surface area contributed by atoms with Crippen molar-refractivity contribution in [2.75, 3.05) is 12.4 Å². The van der Waals surface area contributed by atoms with Crippen molar-refractivity contribution in [3.8, 4) is 0 Å². The molecule has 0 saturated heterocycles. The quantitative estimate of drug-likeness (QED) is 0.714. The van der Waals surface area contributed by atoms with Crippen molar-refractivity contribution in [2.24, 2.45) is 0 Å². The van der Waals surface area contributed by atoms with Gasteiger partial charge in [-0.25, -0.2) is 0 Å². The lowest BCUT2D eigenvalue weighted by molar-refractivity contribution is 0.331.